The molecule has 1 saturated heterocycles. The van der Waals surface area contributed by atoms with Crippen molar-refractivity contribution in [3.63, 3.8) is 0 Å². The average Bonchev–Trinajstić information content (AvgIpc) is 3.17. The molecule has 0 aliphatic carbocycles. The Morgan fingerprint density at radius 2 is 2.03 bits per heavy atom. The van der Waals surface area contributed by atoms with Crippen LogP contribution in [0.3, 0.4) is 0 Å². The molecule has 3 rings (SSSR count). The predicted octanol–water partition coefficient (Wildman–Crippen LogP) is 3.90. The molecule has 0 saturated carbocycles. The molecule has 9 heteroatoms. The number of aliphatic hydroxyl groups excluding tert-OH is 1. The monoisotopic (exact) mass is 445 g/mol. The van der Waals surface area contributed by atoms with Gasteiger partial charge in [-0.15, -0.1) is 0 Å². The van der Waals surface area contributed by atoms with Crippen LogP contribution in [0.15, 0.2) is 30.3 Å². The molecule has 1 unspecified atom stereocenters. The van der Waals surface area contributed by atoms with E-state index >= 15 is 0 Å². The lowest BCUT2D eigenvalue weighted by Gasteiger charge is -2.27. The van der Waals surface area contributed by atoms with E-state index in [4.69, 9.17) is 14.7 Å². The Kier molecular flexibility index (Phi) is 6.94. The quantitative estimate of drug-likeness (QED) is 0.750. The first-order valence-corrected chi connectivity index (χ1v) is 10.2. The lowest BCUT2D eigenvalue weighted by Crippen LogP contribution is -2.41. The Labute approximate surface area is 185 Å². The predicted molar refractivity (Wildman–Crippen MR) is 111 cm³/mol. The normalized spacial score (nSPS) is 18.3. The third kappa shape index (κ3) is 5.51. The van der Waals surface area contributed by atoms with Crippen LogP contribution in [0.2, 0.25) is 0 Å². The fourth-order valence-corrected chi connectivity index (χ4v) is 3.51. The van der Waals surface area contributed by atoms with Crippen molar-refractivity contribution in [2.24, 2.45) is 0 Å². The van der Waals surface area contributed by atoms with Gasteiger partial charge in [0.15, 0.2) is 11.6 Å². The number of amides is 1. The highest BCUT2D eigenvalue weighted by Crippen LogP contribution is 2.32. The Morgan fingerprint density at radius 1 is 1.28 bits per heavy atom. The van der Waals surface area contributed by atoms with Gasteiger partial charge in [0.05, 0.1) is 24.3 Å². The Bertz CT molecular complexity index is 1030. The second-order valence-electron chi connectivity index (χ2n) is 8.61. The van der Waals surface area contributed by atoms with Gasteiger partial charge in [-0.3, -0.25) is 4.98 Å². The van der Waals surface area contributed by atoms with Gasteiger partial charge < -0.3 is 19.5 Å². The molecule has 7 nitrogen and oxygen atoms in total. The molecule has 0 spiro atoms. The number of likely N-dealkylation sites (tertiary alicyclic amines) is 1. The fourth-order valence-electron chi connectivity index (χ4n) is 3.51. The number of aliphatic hydroxyl groups is 1. The summed E-state index contributed by atoms with van der Waals surface area (Å²) < 4.78 is 39.1. The third-order valence-corrected chi connectivity index (χ3v) is 5.04. The number of halogens is 2. The summed E-state index contributed by atoms with van der Waals surface area (Å²) in [6.45, 7) is 5.01. The second kappa shape index (κ2) is 9.49. The van der Waals surface area contributed by atoms with Crippen LogP contribution in [0.25, 0.3) is 0 Å². The smallest absolute Gasteiger partial charge is 0.410 e. The van der Waals surface area contributed by atoms with Gasteiger partial charge >= 0.3 is 6.09 Å². The molecule has 1 amide bonds. The maximum absolute atomic E-state index is 14.3. The highest BCUT2D eigenvalue weighted by molar-refractivity contribution is 5.69. The van der Waals surface area contributed by atoms with Crippen molar-refractivity contribution in [2.45, 2.75) is 51.4 Å². The van der Waals surface area contributed by atoms with Crippen LogP contribution in [0.1, 0.15) is 50.1 Å². The van der Waals surface area contributed by atoms with Crippen molar-refractivity contribution in [1.82, 2.24) is 9.88 Å². The standard InChI is InChI=1S/C23H25F2N3O4/c1-23(2,3)32-22(30)28-11-15(9-16(28)12-29)19-6-5-17(24)20(27-19)13-31-21-7-4-14(10-26)8-18(21)25/h4-8,15-16,29H,9,11-13H2,1-3H3/t15?,16-/m1/s1. The lowest BCUT2D eigenvalue weighted by molar-refractivity contribution is 0.0174. The number of ether oxygens (including phenoxy) is 2. The number of pyridine rings is 1. The first-order chi connectivity index (χ1) is 15.1. The van der Waals surface area contributed by atoms with Gasteiger partial charge in [-0.2, -0.15) is 5.26 Å². The van der Waals surface area contributed by atoms with Crippen LogP contribution < -0.4 is 4.74 Å². The molecular weight excluding hydrogens is 420 g/mol. The van der Waals surface area contributed by atoms with Crippen LogP contribution in [0.4, 0.5) is 13.6 Å². The van der Waals surface area contributed by atoms with Crippen molar-refractivity contribution in [3.8, 4) is 11.8 Å². The highest BCUT2D eigenvalue weighted by Gasteiger charge is 2.38. The molecule has 0 bridgehead atoms. The Hall–Kier alpha value is -3.25. The molecule has 2 heterocycles. The van der Waals surface area contributed by atoms with Crippen molar-refractivity contribution in [1.29, 1.82) is 5.26 Å². The third-order valence-electron chi connectivity index (χ3n) is 5.04. The molecule has 1 aliphatic rings. The molecule has 32 heavy (non-hydrogen) atoms. The summed E-state index contributed by atoms with van der Waals surface area (Å²) in [5, 5.41) is 18.5. The van der Waals surface area contributed by atoms with E-state index in [-0.39, 0.29) is 42.7 Å². The number of hydrogen-bond acceptors (Lipinski definition) is 6. The summed E-state index contributed by atoms with van der Waals surface area (Å²) in [4.78, 5) is 18.3. The molecule has 1 N–H and O–H groups in total. The number of benzene rings is 1. The Morgan fingerprint density at radius 3 is 2.66 bits per heavy atom. The zero-order valence-electron chi connectivity index (χ0n) is 18.1. The van der Waals surface area contributed by atoms with E-state index in [2.05, 4.69) is 4.98 Å². The summed E-state index contributed by atoms with van der Waals surface area (Å²) in [6, 6.07) is 7.91. The van der Waals surface area contributed by atoms with Crippen LogP contribution >= 0.6 is 0 Å². The van der Waals surface area contributed by atoms with Crippen LogP contribution in [-0.4, -0.2) is 45.9 Å². The zero-order valence-corrected chi connectivity index (χ0v) is 18.1. The van der Waals surface area contributed by atoms with E-state index in [0.717, 1.165) is 6.07 Å². The molecule has 0 radical (unpaired) electrons. The van der Waals surface area contributed by atoms with Gasteiger partial charge in [-0.05, 0) is 57.5 Å². The summed E-state index contributed by atoms with van der Waals surface area (Å²) in [7, 11) is 0. The van der Waals surface area contributed by atoms with E-state index in [1.807, 2.05) is 6.07 Å². The van der Waals surface area contributed by atoms with Crippen LogP contribution in [0, 0.1) is 23.0 Å². The van der Waals surface area contributed by atoms with Crippen LogP contribution in [0.5, 0.6) is 5.75 Å². The number of nitriles is 1. The van der Waals surface area contributed by atoms with Gasteiger partial charge in [0.1, 0.15) is 23.7 Å². The molecular formula is C23H25F2N3O4. The summed E-state index contributed by atoms with van der Waals surface area (Å²) in [6.07, 6.45) is -0.0835. The zero-order chi connectivity index (χ0) is 23.5. The van der Waals surface area contributed by atoms with Crippen molar-refractivity contribution in [3.05, 3.63) is 58.9 Å². The van der Waals surface area contributed by atoms with Gasteiger partial charge in [0.2, 0.25) is 0 Å². The maximum atomic E-state index is 14.3. The lowest BCUT2D eigenvalue weighted by atomic mass is 10.0. The van der Waals surface area contributed by atoms with E-state index in [1.165, 1.54) is 29.2 Å². The largest absolute Gasteiger partial charge is 0.484 e. The highest BCUT2D eigenvalue weighted by atomic mass is 19.1. The molecule has 1 aromatic heterocycles. The van der Waals surface area contributed by atoms with Crippen molar-refractivity contribution in [2.75, 3.05) is 13.2 Å². The van der Waals surface area contributed by atoms with Crippen molar-refractivity contribution >= 4 is 6.09 Å². The van der Waals surface area contributed by atoms with Gasteiger partial charge in [0, 0.05) is 18.2 Å². The van der Waals surface area contributed by atoms with Gasteiger partial charge in [-0.25, -0.2) is 13.6 Å². The van der Waals surface area contributed by atoms with E-state index in [1.54, 1.807) is 20.8 Å². The van der Waals surface area contributed by atoms with E-state index in [9.17, 15) is 18.7 Å². The van der Waals surface area contributed by atoms with Gasteiger partial charge in [0.25, 0.3) is 0 Å². The minimum Gasteiger partial charge on any atom is -0.484 e. The number of carbonyl (C=O) groups is 1. The van der Waals surface area contributed by atoms with Gasteiger partial charge in [-0.1, -0.05) is 0 Å². The topological polar surface area (TPSA) is 95.7 Å². The Balaban J connectivity index is 1.74. The SMILES string of the molecule is CC(C)(C)OC(=O)N1CC(c2ccc(F)c(COc3ccc(C#N)cc3F)n2)C[C@@H]1CO. The van der Waals surface area contributed by atoms with E-state index < -0.39 is 29.4 Å². The minimum absolute atomic E-state index is 0.0115. The minimum atomic E-state index is -0.727. The summed E-state index contributed by atoms with van der Waals surface area (Å²) >= 11 is 0. The summed E-state index contributed by atoms with van der Waals surface area (Å²) in [5.41, 5.74) is 0.00170. The average molecular weight is 445 g/mol. The molecule has 2 atom stereocenters. The van der Waals surface area contributed by atoms with E-state index in [0.29, 0.717) is 12.1 Å². The molecule has 1 aliphatic heterocycles. The number of carbonyl (C=O) groups excluding carboxylic acids is 1. The first-order valence-electron chi connectivity index (χ1n) is 10.2. The number of nitrogens with zero attached hydrogens (tertiary/aromatic N) is 3. The number of aromatic nitrogens is 1. The fraction of sp³-hybridized carbons (Fsp3) is 0.435. The maximum Gasteiger partial charge on any atom is 0.410 e. The van der Waals surface area contributed by atoms with Crippen molar-refractivity contribution < 1.29 is 28.2 Å². The van der Waals surface area contributed by atoms with Crippen LogP contribution in [-0.2, 0) is 11.3 Å². The molecule has 1 fully saturated rings. The number of hydrogen-bond donors (Lipinski definition) is 1. The first kappa shape index (κ1) is 23.4. The number of rotatable bonds is 5. The second-order valence-corrected chi connectivity index (χ2v) is 8.61. The molecule has 170 valence electrons. The molecule has 2 aromatic rings. The molecule has 1 aromatic carbocycles. The summed E-state index contributed by atoms with van der Waals surface area (Å²) in [5.74, 6) is -1.68.